The van der Waals surface area contributed by atoms with Crippen molar-refractivity contribution in [1.29, 1.82) is 0 Å². The van der Waals surface area contributed by atoms with Crippen molar-refractivity contribution in [2.45, 2.75) is 6.92 Å². The van der Waals surface area contributed by atoms with E-state index in [-0.39, 0.29) is 5.56 Å². The molecule has 1 aromatic heterocycles. The van der Waals surface area contributed by atoms with Gasteiger partial charge in [0.2, 0.25) is 0 Å². The first kappa shape index (κ1) is 13.8. The van der Waals surface area contributed by atoms with Crippen LogP contribution >= 0.6 is 27.5 Å². The highest BCUT2D eigenvalue weighted by molar-refractivity contribution is 9.10. The van der Waals surface area contributed by atoms with Crippen LogP contribution in [-0.2, 0) is 0 Å². The highest BCUT2D eigenvalue weighted by atomic mass is 79.9. The molecule has 4 nitrogen and oxygen atoms in total. The van der Waals surface area contributed by atoms with Crippen molar-refractivity contribution >= 4 is 44.9 Å². The number of aromatic nitrogens is 1. The molecule has 19 heavy (non-hydrogen) atoms. The molecule has 0 saturated carbocycles. The Balaban J connectivity index is 2.43. The third kappa shape index (κ3) is 3.24. The van der Waals surface area contributed by atoms with E-state index in [1.807, 2.05) is 13.0 Å². The van der Waals surface area contributed by atoms with E-state index in [0.717, 1.165) is 5.56 Å². The topological polar surface area (TPSA) is 62.2 Å². The maximum Gasteiger partial charge on any atom is 0.337 e. The van der Waals surface area contributed by atoms with Gasteiger partial charge in [0.15, 0.2) is 0 Å². The van der Waals surface area contributed by atoms with Crippen molar-refractivity contribution in [2.75, 3.05) is 5.32 Å². The Kier molecular flexibility index (Phi) is 4.07. The lowest BCUT2D eigenvalue weighted by Crippen LogP contribution is -2.03. The molecule has 0 aliphatic carbocycles. The van der Waals surface area contributed by atoms with Crippen LogP contribution in [0.4, 0.5) is 11.4 Å². The average molecular weight is 342 g/mol. The van der Waals surface area contributed by atoms with Crippen molar-refractivity contribution in [3.05, 3.63) is 51.2 Å². The molecule has 0 aliphatic heterocycles. The second-order valence-corrected chi connectivity index (χ2v) is 5.16. The second kappa shape index (κ2) is 5.59. The quantitative estimate of drug-likeness (QED) is 0.819. The van der Waals surface area contributed by atoms with E-state index in [0.29, 0.717) is 21.0 Å². The number of nitrogens with one attached hydrogen (secondary N) is 1. The van der Waals surface area contributed by atoms with Crippen molar-refractivity contribution in [1.82, 2.24) is 4.98 Å². The summed E-state index contributed by atoms with van der Waals surface area (Å²) >= 11 is 9.16. The highest BCUT2D eigenvalue weighted by Gasteiger charge is 2.12. The van der Waals surface area contributed by atoms with E-state index < -0.39 is 5.97 Å². The highest BCUT2D eigenvalue weighted by Crippen LogP contribution is 2.28. The van der Waals surface area contributed by atoms with Gasteiger partial charge in [-0.2, -0.15) is 0 Å². The first-order valence-electron chi connectivity index (χ1n) is 5.39. The minimum Gasteiger partial charge on any atom is -0.478 e. The fourth-order valence-electron chi connectivity index (χ4n) is 1.60. The van der Waals surface area contributed by atoms with Gasteiger partial charge in [-0.05, 0) is 41.1 Å². The van der Waals surface area contributed by atoms with Crippen LogP contribution in [0.1, 0.15) is 15.9 Å². The Morgan fingerprint density at radius 1 is 1.37 bits per heavy atom. The second-order valence-electron chi connectivity index (χ2n) is 3.97. The summed E-state index contributed by atoms with van der Waals surface area (Å²) in [5.41, 5.74) is 2.18. The molecule has 0 radical (unpaired) electrons. The largest absolute Gasteiger partial charge is 0.478 e. The number of anilines is 2. The molecule has 2 N–H and O–H groups in total. The number of carboxylic acids is 1. The summed E-state index contributed by atoms with van der Waals surface area (Å²) in [6.45, 7) is 1.84. The molecule has 2 aromatic rings. The fraction of sp³-hybridized carbons (Fsp3) is 0.0769. The zero-order valence-corrected chi connectivity index (χ0v) is 12.3. The van der Waals surface area contributed by atoms with Crippen molar-refractivity contribution in [3.63, 3.8) is 0 Å². The molecule has 98 valence electrons. The first-order chi connectivity index (χ1) is 8.97. The molecule has 0 atom stereocenters. The molecule has 0 amide bonds. The van der Waals surface area contributed by atoms with Gasteiger partial charge in [-0.25, -0.2) is 9.78 Å². The number of carboxylic acid groups (broad SMARTS) is 1. The lowest BCUT2D eigenvalue weighted by Gasteiger charge is -2.11. The summed E-state index contributed by atoms with van der Waals surface area (Å²) in [4.78, 5) is 15.3. The van der Waals surface area contributed by atoms with E-state index in [2.05, 4.69) is 26.2 Å². The number of nitrogens with zero attached hydrogens (tertiary/aromatic N) is 1. The molecule has 0 spiro atoms. The van der Waals surface area contributed by atoms with Crippen LogP contribution in [0, 0.1) is 6.92 Å². The standard InChI is InChI=1S/C13H10BrClN2O2/c1-7-2-3-10(9(4-7)13(18)19)17-11-5-8(15)6-16-12(11)14/h2-6,17H,1H3,(H,18,19). The van der Waals surface area contributed by atoms with Gasteiger partial charge >= 0.3 is 5.97 Å². The molecule has 1 aromatic carbocycles. The zero-order valence-electron chi connectivity index (χ0n) is 9.95. The van der Waals surface area contributed by atoms with E-state index in [1.54, 1.807) is 18.2 Å². The number of benzene rings is 1. The number of pyridine rings is 1. The summed E-state index contributed by atoms with van der Waals surface area (Å²) in [5.74, 6) is -0.989. The number of rotatable bonds is 3. The van der Waals surface area contributed by atoms with E-state index in [1.165, 1.54) is 6.20 Å². The normalized spacial score (nSPS) is 10.3. The minimum atomic E-state index is -0.989. The third-order valence-corrected chi connectivity index (χ3v) is 3.32. The van der Waals surface area contributed by atoms with Crippen LogP contribution in [-0.4, -0.2) is 16.1 Å². The van der Waals surface area contributed by atoms with E-state index >= 15 is 0 Å². The van der Waals surface area contributed by atoms with Crippen molar-refractivity contribution < 1.29 is 9.90 Å². The molecular weight excluding hydrogens is 332 g/mol. The van der Waals surface area contributed by atoms with Gasteiger partial charge in [0.25, 0.3) is 0 Å². The van der Waals surface area contributed by atoms with Crippen LogP contribution in [0.25, 0.3) is 0 Å². The number of carbonyl (C=O) groups is 1. The van der Waals surface area contributed by atoms with Crippen molar-refractivity contribution in [2.24, 2.45) is 0 Å². The van der Waals surface area contributed by atoms with Crippen LogP contribution in [0.2, 0.25) is 5.02 Å². The molecule has 0 bridgehead atoms. The van der Waals surface area contributed by atoms with E-state index in [4.69, 9.17) is 11.6 Å². The summed E-state index contributed by atoms with van der Waals surface area (Å²) in [6, 6.07) is 6.83. The van der Waals surface area contributed by atoms with Crippen molar-refractivity contribution in [3.8, 4) is 0 Å². The van der Waals surface area contributed by atoms with Gasteiger partial charge < -0.3 is 10.4 Å². The molecule has 0 aliphatic rings. The number of hydrogen-bond acceptors (Lipinski definition) is 3. The third-order valence-electron chi connectivity index (χ3n) is 2.48. The molecule has 0 fully saturated rings. The average Bonchev–Trinajstić information content (AvgIpc) is 2.35. The molecular formula is C13H10BrClN2O2. The summed E-state index contributed by atoms with van der Waals surface area (Å²) in [5, 5.41) is 12.7. The Morgan fingerprint density at radius 2 is 2.11 bits per heavy atom. The summed E-state index contributed by atoms with van der Waals surface area (Å²) in [7, 11) is 0. The Morgan fingerprint density at radius 3 is 2.79 bits per heavy atom. The van der Waals surface area contributed by atoms with Gasteiger partial charge in [0, 0.05) is 6.20 Å². The van der Waals surface area contributed by atoms with Crippen LogP contribution in [0.5, 0.6) is 0 Å². The van der Waals surface area contributed by atoms with Gasteiger partial charge in [-0.1, -0.05) is 23.2 Å². The lowest BCUT2D eigenvalue weighted by atomic mass is 10.1. The fourth-order valence-corrected chi connectivity index (χ4v) is 2.07. The SMILES string of the molecule is Cc1ccc(Nc2cc(Cl)cnc2Br)c(C(=O)O)c1. The van der Waals surface area contributed by atoms with Gasteiger partial charge in [0.1, 0.15) is 4.60 Å². The summed E-state index contributed by atoms with van der Waals surface area (Å²) in [6.07, 6.45) is 1.50. The Labute approximate surface area is 123 Å². The number of halogens is 2. The molecule has 6 heteroatoms. The van der Waals surface area contributed by atoms with Gasteiger partial charge in [0.05, 0.1) is 22.0 Å². The van der Waals surface area contributed by atoms with Crippen LogP contribution < -0.4 is 5.32 Å². The number of aryl methyl sites for hydroxylation is 1. The lowest BCUT2D eigenvalue weighted by molar-refractivity contribution is 0.0698. The number of aromatic carboxylic acids is 1. The maximum absolute atomic E-state index is 11.2. The smallest absolute Gasteiger partial charge is 0.337 e. The number of hydrogen-bond donors (Lipinski definition) is 2. The predicted molar refractivity (Wildman–Crippen MR) is 78.4 cm³/mol. The maximum atomic E-state index is 11.2. The van der Waals surface area contributed by atoms with Crippen LogP contribution in [0.15, 0.2) is 35.1 Å². The zero-order chi connectivity index (χ0) is 14.0. The minimum absolute atomic E-state index is 0.201. The van der Waals surface area contributed by atoms with E-state index in [9.17, 15) is 9.90 Å². The van der Waals surface area contributed by atoms with Gasteiger partial charge in [-0.3, -0.25) is 0 Å². The monoisotopic (exact) mass is 340 g/mol. The molecule has 1 heterocycles. The molecule has 2 rings (SSSR count). The van der Waals surface area contributed by atoms with Gasteiger partial charge in [-0.15, -0.1) is 0 Å². The predicted octanol–water partition coefficient (Wildman–Crippen LogP) is 4.25. The molecule has 0 unspecified atom stereocenters. The Bertz CT molecular complexity index is 647. The Hall–Kier alpha value is -1.59. The molecule has 0 saturated heterocycles. The van der Waals surface area contributed by atoms with Crippen LogP contribution in [0.3, 0.4) is 0 Å². The first-order valence-corrected chi connectivity index (χ1v) is 6.56. The summed E-state index contributed by atoms with van der Waals surface area (Å²) < 4.78 is 0.564.